The zero-order valence-corrected chi connectivity index (χ0v) is 12.1. The Kier molecular flexibility index (Phi) is 3.47. The number of hydrogen-bond donors (Lipinski definition) is 1. The number of ether oxygens (including phenoxy) is 1. The highest BCUT2D eigenvalue weighted by molar-refractivity contribution is 6.11. The molecular formula is C16H9F3O5. The molecule has 0 amide bonds. The normalized spacial score (nSPS) is 11.8. The van der Waals surface area contributed by atoms with Gasteiger partial charge in [-0.15, -0.1) is 0 Å². The zero-order chi connectivity index (χ0) is 17.6. The van der Waals surface area contributed by atoms with Gasteiger partial charge in [-0.3, -0.25) is 4.79 Å². The highest BCUT2D eigenvalue weighted by atomic mass is 19.4. The Morgan fingerprint density at radius 2 is 1.79 bits per heavy atom. The van der Waals surface area contributed by atoms with E-state index in [0.717, 1.165) is 0 Å². The van der Waals surface area contributed by atoms with Crippen LogP contribution in [-0.4, -0.2) is 24.2 Å². The first-order valence-corrected chi connectivity index (χ1v) is 6.62. The molecule has 0 radical (unpaired) electrons. The standard InChI is InChI=1S/C16H9F3O5/c1-23-10-4-2-3-8-7(10)5-6-9-12(20)11(14(21)16(17,18)19)15(22)24-13(8)9/h2-6,20H,1H3. The van der Waals surface area contributed by atoms with Gasteiger partial charge in [0.2, 0.25) is 0 Å². The summed E-state index contributed by atoms with van der Waals surface area (Å²) in [5.74, 6) is -3.07. The van der Waals surface area contributed by atoms with Crippen LogP contribution in [0.5, 0.6) is 11.5 Å². The van der Waals surface area contributed by atoms with E-state index in [2.05, 4.69) is 0 Å². The molecule has 1 aromatic heterocycles. The van der Waals surface area contributed by atoms with Crippen LogP contribution in [0.25, 0.3) is 21.7 Å². The number of ketones is 1. The fourth-order valence-electron chi connectivity index (χ4n) is 2.49. The van der Waals surface area contributed by atoms with E-state index < -0.39 is 28.9 Å². The lowest BCUT2D eigenvalue weighted by Crippen LogP contribution is -2.28. The third-order valence-electron chi connectivity index (χ3n) is 3.57. The van der Waals surface area contributed by atoms with E-state index in [1.807, 2.05) is 0 Å². The van der Waals surface area contributed by atoms with E-state index in [0.29, 0.717) is 16.5 Å². The average molecular weight is 338 g/mol. The Balaban J connectivity index is 2.42. The molecule has 24 heavy (non-hydrogen) atoms. The summed E-state index contributed by atoms with van der Waals surface area (Å²) in [5.41, 5.74) is -3.12. The third-order valence-corrected chi connectivity index (χ3v) is 3.57. The van der Waals surface area contributed by atoms with Gasteiger partial charge < -0.3 is 14.3 Å². The van der Waals surface area contributed by atoms with E-state index in [-0.39, 0.29) is 11.0 Å². The Morgan fingerprint density at radius 3 is 2.42 bits per heavy atom. The first kappa shape index (κ1) is 15.9. The Hall–Kier alpha value is -3.03. The molecule has 0 saturated carbocycles. The van der Waals surface area contributed by atoms with E-state index in [4.69, 9.17) is 9.15 Å². The largest absolute Gasteiger partial charge is 0.506 e. The van der Waals surface area contributed by atoms with Crippen LogP contribution < -0.4 is 10.4 Å². The number of rotatable bonds is 2. The number of hydrogen-bond acceptors (Lipinski definition) is 5. The van der Waals surface area contributed by atoms with Gasteiger partial charge in [0.05, 0.1) is 12.5 Å². The summed E-state index contributed by atoms with van der Waals surface area (Å²) in [4.78, 5) is 23.2. The van der Waals surface area contributed by atoms with Crippen LogP contribution >= 0.6 is 0 Å². The van der Waals surface area contributed by atoms with Gasteiger partial charge in [-0.25, -0.2) is 4.79 Å². The molecule has 0 fully saturated rings. The second-order valence-corrected chi connectivity index (χ2v) is 4.94. The summed E-state index contributed by atoms with van der Waals surface area (Å²) >= 11 is 0. The van der Waals surface area contributed by atoms with Crippen molar-refractivity contribution in [3.63, 3.8) is 0 Å². The summed E-state index contributed by atoms with van der Waals surface area (Å²) in [7, 11) is 1.43. The van der Waals surface area contributed by atoms with Crippen LogP contribution in [0.15, 0.2) is 39.5 Å². The molecule has 0 spiro atoms. The predicted molar refractivity (Wildman–Crippen MR) is 78.6 cm³/mol. The van der Waals surface area contributed by atoms with Crippen molar-refractivity contribution in [3.8, 4) is 11.5 Å². The second kappa shape index (κ2) is 5.26. The number of fused-ring (bicyclic) bond motifs is 3. The van der Waals surface area contributed by atoms with Gasteiger partial charge >= 0.3 is 11.8 Å². The van der Waals surface area contributed by atoms with Crippen molar-refractivity contribution in [1.29, 1.82) is 0 Å². The number of carbonyl (C=O) groups is 1. The summed E-state index contributed by atoms with van der Waals surface area (Å²) in [6, 6.07) is 7.53. The molecule has 0 bridgehead atoms. The van der Waals surface area contributed by atoms with Crippen molar-refractivity contribution in [2.75, 3.05) is 7.11 Å². The molecule has 1 N–H and O–H groups in total. The lowest BCUT2D eigenvalue weighted by molar-refractivity contribution is -0.0888. The first-order valence-electron chi connectivity index (χ1n) is 6.62. The van der Waals surface area contributed by atoms with Crippen LogP contribution in [0, 0.1) is 0 Å². The number of aromatic hydroxyl groups is 1. The molecule has 2 aromatic carbocycles. The van der Waals surface area contributed by atoms with Gasteiger partial charge in [0, 0.05) is 10.8 Å². The summed E-state index contributed by atoms with van der Waals surface area (Å²) in [6.07, 6.45) is -5.31. The molecule has 1 heterocycles. The molecule has 3 aromatic rings. The van der Waals surface area contributed by atoms with Gasteiger partial charge in [0.1, 0.15) is 17.1 Å². The van der Waals surface area contributed by atoms with Crippen LogP contribution in [-0.2, 0) is 0 Å². The molecular weight excluding hydrogens is 329 g/mol. The van der Waals surface area contributed by atoms with Crippen molar-refractivity contribution in [2.24, 2.45) is 0 Å². The Bertz CT molecular complexity index is 1030. The monoisotopic (exact) mass is 338 g/mol. The number of carbonyl (C=O) groups excluding carboxylic acids is 1. The highest BCUT2D eigenvalue weighted by Gasteiger charge is 2.43. The number of halogens is 3. The fourth-order valence-corrected chi connectivity index (χ4v) is 2.49. The molecule has 124 valence electrons. The van der Waals surface area contributed by atoms with E-state index >= 15 is 0 Å². The number of Topliss-reactive ketones (excluding diaryl/α,β-unsaturated/α-hetero) is 1. The third kappa shape index (κ3) is 2.27. The van der Waals surface area contributed by atoms with Gasteiger partial charge in [-0.1, -0.05) is 12.1 Å². The first-order chi connectivity index (χ1) is 11.3. The maximum atomic E-state index is 12.6. The van der Waals surface area contributed by atoms with E-state index in [1.54, 1.807) is 18.2 Å². The molecule has 0 atom stereocenters. The topological polar surface area (TPSA) is 76.7 Å². The number of alkyl halides is 3. The van der Waals surface area contributed by atoms with Crippen LogP contribution in [0.4, 0.5) is 13.2 Å². The van der Waals surface area contributed by atoms with Crippen LogP contribution in [0.3, 0.4) is 0 Å². The maximum Gasteiger partial charge on any atom is 0.455 e. The van der Waals surface area contributed by atoms with E-state index in [1.165, 1.54) is 19.2 Å². The molecule has 8 heteroatoms. The second-order valence-electron chi connectivity index (χ2n) is 4.94. The summed E-state index contributed by atoms with van der Waals surface area (Å²) < 4.78 is 47.8. The van der Waals surface area contributed by atoms with Gasteiger partial charge in [-0.05, 0) is 18.2 Å². The lowest BCUT2D eigenvalue weighted by atomic mass is 10.0. The summed E-state index contributed by atoms with van der Waals surface area (Å²) in [5, 5.41) is 10.7. The number of benzene rings is 2. The van der Waals surface area contributed by atoms with E-state index in [9.17, 15) is 27.9 Å². The maximum absolute atomic E-state index is 12.6. The van der Waals surface area contributed by atoms with Crippen LogP contribution in [0.1, 0.15) is 10.4 Å². The smallest absolute Gasteiger partial charge is 0.455 e. The molecule has 0 saturated heterocycles. The minimum absolute atomic E-state index is 0.132. The predicted octanol–water partition coefficient (Wildman–Crippen LogP) is 3.41. The zero-order valence-electron chi connectivity index (χ0n) is 12.1. The van der Waals surface area contributed by atoms with Crippen molar-refractivity contribution < 1.29 is 32.2 Å². The van der Waals surface area contributed by atoms with Crippen molar-refractivity contribution in [2.45, 2.75) is 6.18 Å². The Labute approximate surface area is 131 Å². The van der Waals surface area contributed by atoms with Gasteiger partial charge in [0.15, 0.2) is 5.56 Å². The summed E-state index contributed by atoms with van der Waals surface area (Å²) in [6.45, 7) is 0. The number of methoxy groups -OCH3 is 1. The SMILES string of the molecule is COc1cccc2c1ccc1c(O)c(C(=O)C(F)(F)F)c(=O)oc12. The van der Waals surface area contributed by atoms with Gasteiger partial charge in [0.25, 0.3) is 5.78 Å². The van der Waals surface area contributed by atoms with Crippen molar-refractivity contribution >= 4 is 27.5 Å². The average Bonchev–Trinajstić information content (AvgIpc) is 2.53. The molecule has 0 aliphatic carbocycles. The lowest BCUT2D eigenvalue weighted by Gasteiger charge is -2.10. The van der Waals surface area contributed by atoms with Crippen molar-refractivity contribution in [1.82, 2.24) is 0 Å². The molecule has 0 aliphatic rings. The van der Waals surface area contributed by atoms with Crippen molar-refractivity contribution in [3.05, 3.63) is 46.3 Å². The molecule has 0 unspecified atom stereocenters. The highest BCUT2D eigenvalue weighted by Crippen LogP contribution is 2.36. The minimum Gasteiger partial charge on any atom is -0.506 e. The Morgan fingerprint density at radius 1 is 1.12 bits per heavy atom. The molecule has 0 aliphatic heterocycles. The quantitative estimate of drug-likeness (QED) is 0.440. The molecule has 3 rings (SSSR count). The van der Waals surface area contributed by atoms with Crippen LogP contribution in [0.2, 0.25) is 0 Å². The molecule has 5 nitrogen and oxygen atoms in total. The fraction of sp³-hybridized carbons (Fsp3) is 0.125. The minimum atomic E-state index is -5.31. The van der Waals surface area contributed by atoms with Gasteiger partial charge in [-0.2, -0.15) is 13.2 Å².